The summed E-state index contributed by atoms with van der Waals surface area (Å²) < 4.78 is 13.2. The van der Waals surface area contributed by atoms with E-state index in [2.05, 4.69) is 13.8 Å². The van der Waals surface area contributed by atoms with E-state index in [0.29, 0.717) is 17.5 Å². The molecular formula is C12H17ClFN. The van der Waals surface area contributed by atoms with Crippen molar-refractivity contribution in [3.8, 4) is 0 Å². The molecule has 0 saturated carbocycles. The van der Waals surface area contributed by atoms with Crippen molar-refractivity contribution in [3.63, 3.8) is 0 Å². The summed E-state index contributed by atoms with van der Waals surface area (Å²) in [4.78, 5) is 0. The molecule has 0 aromatic heterocycles. The first kappa shape index (κ1) is 12.5. The fourth-order valence-electron chi connectivity index (χ4n) is 1.59. The summed E-state index contributed by atoms with van der Waals surface area (Å²) in [5.41, 5.74) is 6.29. The lowest BCUT2D eigenvalue weighted by Gasteiger charge is -2.33. The van der Waals surface area contributed by atoms with Gasteiger partial charge in [0.1, 0.15) is 5.82 Å². The van der Waals surface area contributed by atoms with E-state index < -0.39 is 0 Å². The standard InChI is InChI=1S/C12H17ClFN/c1-8(2)12(3,7-15)10-6-9(14)4-5-11(10)13/h4-6,8H,7,15H2,1-3H3. The maximum atomic E-state index is 13.2. The van der Waals surface area contributed by atoms with Crippen LogP contribution in [-0.4, -0.2) is 6.54 Å². The van der Waals surface area contributed by atoms with Crippen molar-refractivity contribution < 1.29 is 4.39 Å². The van der Waals surface area contributed by atoms with Gasteiger partial charge >= 0.3 is 0 Å². The first-order valence-corrected chi connectivity index (χ1v) is 5.45. The van der Waals surface area contributed by atoms with Crippen LogP contribution in [0.1, 0.15) is 26.3 Å². The minimum atomic E-state index is -0.279. The molecule has 0 radical (unpaired) electrons. The molecule has 0 amide bonds. The van der Waals surface area contributed by atoms with Gasteiger partial charge in [-0.3, -0.25) is 0 Å². The van der Waals surface area contributed by atoms with E-state index in [1.54, 1.807) is 6.07 Å². The Balaban J connectivity index is 3.29. The van der Waals surface area contributed by atoms with Gasteiger partial charge in [0.25, 0.3) is 0 Å². The zero-order chi connectivity index (χ0) is 11.6. The fourth-order valence-corrected chi connectivity index (χ4v) is 1.93. The smallest absolute Gasteiger partial charge is 0.123 e. The van der Waals surface area contributed by atoms with Crippen molar-refractivity contribution >= 4 is 11.6 Å². The van der Waals surface area contributed by atoms with Crippen LogP contribution in [0, 0.1) is 11.7 Å². The highest BCUT2D eigenvalue weighted by Gasteiger charge is 2.31. The molecule has 3 heteroatoms. The summed E-state index contributed by atoms with van der Waals surface area (Å²) >= 11 is 6.08. The quantitative estimate of drug-likeness (QED) is 0.845. The summed E-state index contributed by atoms with van der Waals surface area (Å²) in [5.74, 6) is 0.0384. The zero-order valence-electron chi connectivity index (χ0n) is 9.35. The maximum Gasteiger partial charge on any atom is 0.123 e. The number of benzene rings is 1. The van der Waals surface area contributed by atoms with Gasteiger partial charge in [0.05, 0.1) is 0 Å². The Morgan fingerprint density at radius 1 is 1.47 bits per heavy atom. The van der Waals surface area contributed by atoms with Crippen LogP contribution in [0.3, 0.4) is 0 Å². The summed E-state index contributed by atoms with van der Waals surface area (Å²) in [6, 6.07) is 4.43. The molecule has 0 aliphatic rings. The van der Waals surface area contributed by atoms with E-state index in [4.69, 9.17) is 17.3 Å². The van der Waals surface area contributed by atoms with Gasteiger partial charge in [0, 0.05) is 17.0 Å². The highest BCUT2D eigenvalue weighted by Crippen LogP contribution is 2.35. The molecule has 15 heavy (non-hydrogen) atoms. The van der Waals surface area contributed by atoms with Crippen molar-refractivity contribution in [1.82, 2.24) is 0 Å². The van der Waals surface area contributed by atoms with E-state index >= 15 is 0 Å². The zero-order valence-corrected chi connectivity index (χ0v) is 10.1. The Morgan fingerprint density at radius 3 is 2.53 bits per heavy atom. The summed E-state index contributed by atoms with van der Waals surface area (Å²) in [6.07, 6.45) is 0. The topological polar surface area (TPSA) is 26.0 Å². The Hall–Kier alpha value is -0.600. The number of halogens is 2. The third-order valence-electron chi connectivity index (χ3n) is 3.24. The number of rotatable bonds is 3. The molecule has 0 heterocycles. The van der Waals surface area contributed by atoms with Gasteiger partial charge in [-0.25, -0.2) is 4.39 Å². The van der Waals surface area contributed by atoms with Gasteiger partial charge in [-0.2, -0.15) is 0 Å². The highest BCUT2D eigenvalue weighted by molar-refractivity contribution is 6.31. The lowest BCUT2D eigenvalue weighted by molar-refractivity contribution is 0.346. The van der Waals surface area contributed by atoms with Crippen molar-refractivity contribution in [2.45, 2.75) is 26.2 Å². The van der Waals surface area contributed by atoms with Crippen LogP contribution in [0.25, 0.3) is 0 Å². The third kappa shape index (κ3) is 2.32. The Labute approximate surface area is 95.4 Å². The summed E-state index contributed by atoms with van der Waals surface area (Å²) in [7, 11) is 0. The van der Waals surface area contributed by atoms with E-state index in [-0.39, 0.29) is 11.2 Å². The molecule has 0 spiro atoms. The Bertz CT molecular complexity index is 351. The first-order valence-electron chi connectivity index (χ1n) is 5.07. The average Bonchev–Trinajstić information content (AvgIpc) is 2.20. The van der Waals surface area contributed by atoms with Gasteiger partial charge in [-0.05, 0) is 29.7 Å². The second-order valence-electron chi connectivity index (χ2n) is 4.40. The SMILES string of the molecule is CC(C)C(C)(CN)c1cc(F)ccc1Cl. The molecule has 0 bridgehead atoms. The molecule has 0 aliphatic carbocycles. The predicted molar refractivity (Wildman–Crippen MR) is 62.7 cm³/mol. The second kappa shape index (κ2) is 4.50. The van der Waals surface area contributed by atoms with E-state index in [0.717, 1.165) is 5.56 Å². The van der Waals surface area contributed by atoms with Crippen LogP contribution < -0.4 is 5.73 Å². The molecule has 0 saturated heterocycles. The van der Waals surface area contributed by atoms with E-state index in [9.17, 15) is 4.39 Å². The lowest BCUT2D eigenvalue weighted by Crippen LogP contribution is -2.37. The van der Waals surface area contributed by atoms with Crippen LogP contribution in [0.5, 0.6) is 0 Å². The van der Waals surface area contributed by atoms with Gasteiger partial charge in [-0.15, -0.1) is 0 Å². The van der Waals surface area contributed by atoms with Crippen molar-refractivity contribution in [3.05, 3.63) is 34.6 Å². The van der Waals surface area contributed by atoms with Crippen LogP contribution in [-0.2, 0) is 5.41 Å². The van der Waals surface area contributed by atoms with Crippen LogP contribution >= 0.6 is 11.6 Å². The van der Waals surface area contributed by atoms with Crippen molar-refractivity contribution in [1.29, 1.82) is 0 Å². The molecular weight excluding hydrogens is 213 g/mol. The fraction of sp³-hybridized carbons (Fsp3) is 0.500. The van der Waals surface area contributed by atoms with Crippen LogP contribution in [0.2, 0.25) is 5.02 Å². The van der Waals surface area contributed by atoms with Gasteiger partial charge in [0.2, 0.25) is 0 Å². The number of hydrogen-bond acceptors (Lipinski definition) is 1. The van der Waals surface area contributed by atoms with Crippen LogP contribution in [0.15, 0.2) is 18.2 Å². The molecule has 1 aromatic rings. The predicted octanol–water partition coefficient (Wildman–Crippen LogP) is 3.35. The third-order valence-corrected chi connectivity index (χ3v) is 3.57. The van der Waals surface area contributed by atoms with Crippen molar-refractivity contribution in [2.75, 3.05) is 6.54 Å². The number of hydrogen-bond donors (Lipinski definition) is 1. The minimum absolute atomic E-state index is 0.269. The van der Waals surface area contributed by atoms with E-state index in [1.807, 2.05) is 6.92 Å². The van der Waals surface area contributed by atoms with Gasteiger partial charge in [0.15, 0.2) is 0 Å². The minimum Gasteiger partial charge on any atom is -0.330 e. The normalized spacial score (nSPS) is 15.4. The number of nitrogens with two attached hydrogens (primary N) is 1. The molecule has 1 aromatic carbocycles. The molecule has 2 N–H and O–H groups in total. The maximum absolute atomic E-state index is 13.2. The van der Waals surface area contributed by atoms with E-state index in [1.165, 1.54) is 12.1 Å². The van der Waals surface area contributed by atoms with Crippen LogP contribution in [0.4, 0.5) is 4.39 Å². The highest BCUT2D eigenvalue weighted by atomic mass is 35.5. The molecule has 1 rings (SSSR count). The largest absolute Gasteiger partial charge is 0.330 e. The van der Waals surface area contributed by atoms with Gasteiger partial charge in [-0.1, -0.05) is 32.4 Å². The molecule has 1 atom stereocenters. The van der Waals surface area contributed by atoms with Gasteiger partial charge < -0.3 is 5.73 Å². The second-order valence-corrected chi connectivity index (χ2v) is 4.81. The molecule has 0 fully saturated rings. The summed E-state index contributed by atoms with van der Waals surface area (Å²) in [5, 5.41) is 0.582. The molecule has 84 valence electrons. The Morgan fingerprint density at radius 2 is 2.07 bits per heavy atom. The Kier molecular flexibility index (Phi) is 3.74. The first-order chi connectivity index (χ1) is 6.91. The lowest BCUT2D eigenvalue weighted by atomic mass is 9.73. The molecule has 1 nitrogen and oxygen atoms in total. The molecule has 0 aliphatic heterocycles. The monoisotopic (exact) mass is 229 g/mol. The molecule has 1 unspecified atom stereocenters. The van der Waals surface area contributed by atoms with Crippen molar-refractivity contribution in [2.24, 2.45) is 11.7 Å². The summed E-state index contributed by atoms with van der Waals surface area (Å²) in [6.45, 7) is 6.59. The average molecular weight is 230 g/mol.